The van der Waals surface area contributed by atoms with E-state index in [9.17, 15) is 14.0 Å². The summed E-state index contributed by atoms with van der Waals surface area (Å²) in [5.41, 5.74) is 0.713. The topological polar surface area (TPSA) is 49.4 Å². The molecule has 2 heterocycles. The highest BCUT2D eigenvalue weighted by molar-refractivity contribution is 5.99. The zero-order valence-corrected chi connectivity index (χ0v) is 14.2. The number of benzene rings is 1. The number of Topliss-reactive ketones (excluding diaryl/α,β-unsaturated/α-hetero) is 1. The van der Waals surface area contributed by atoms with Gasteiger partial charge in [0.25, 0.3) is 0 Å². The van der Waals surface area contributed by atoms with Crippen LogP contribution in [0.3, 0.4) is 0 Å². The summed E-state index contributed by atoms with van der Waals surface area (Å²) >= 11 is 0. The lowest BCUT2D eigenvalue weighted by molar-refractivity contribution is -0.134. The molecule has 0 radical (unpaired) electrons. The molecule has 0 aromatic heterocycles. The smallest absolute Gasteiger partial charge is 0.223 e. The van der Waals surface area contributed by atoms with Gasteiger partial charge in [-0.25, -0.2) is 4.39 Å². The number of rotatable bonds is 4. The van der Waals surface area contributed by atoms with E-state index >= 15 is 0 Å². The minimum absolute atomic E-state index is 0.0352. The molecule has 3 rings (SSSR count). The van der Waals surface area contributed by atoms with E-state index in [4.69, 9.17) is 0 Å². The number of carbonyl (C=O) groups excluding carboxylic acids is 2. The van der Waals surface area contributed by atoms with Crippen molar-refractivity contribution in [1.29, 1.82) is 0 Å². The van der Waals surface area contributed by atoms with E-state index in [1.807, 2.05) is 4.90 Å². The highest BCUT2D eigenvalue weighted by Gasteiger charge is 2.38. The molecule has 0 saturated carbocycles. The third-order valence-electron chi connectivity index (χ3n) is 5.55. The number of nitrogens with zero attached hydrogens (tertiary/aromatic N) is 1. The molecule has 0 aliphatic carbocycles. The van der Waals surface area contributed by atoms with E-state index in [1.165, 1.54) is 24.6 Å². The monoisotopic (exact) mass is 332 g/mol. The first-order chi connectivity index (χ1) is 11.5. The van der Waals surface area contributed by atoms with Crippen LogP contribution in [-0.2, 0) is 4.79 Å². The van der Waals surface area contributed by atoms with Crippen molar-refractivity contribution in [3.05, 3.63) is 35.6 Å². The fourth-order valence-electron chi connectivity index (χ4n) is 3.86. The first-order valence-corrected chi connectivity index (χ1v) is 8.77. The number of nitrogens with one attached hydrogen (secondary N) is 1. The molecule has 2 aliphatic heterocycles. The second-order valence-electron chi connectivity index (χ2n) is 7.29. The Morgan fingerprint density at radius 1 is 1.29 bits per heavy atom. The van der Waals surface area contributed by atoms with Gasteiger partial charge in [-0.3, -0.25) is 9.59 Å². The summed E-state index contributed by atoms with van der Waals surface area (Å²) in [5, 5.41) is 3.42. The number of halogens is 1. The number of ketones is 1. The third kappa shape index (κ3) is 3.66. The summed E-state index contributed by atoms with van der Waals surface area (Å²) in [5.74, 6) is -0.987. The van der Waals surface area contributed by atoms with Crippen LogP contribution in [0.2, 0.25) is 0 Å². The number of hydrogen-bond donors (Lipinski definition) is 1. The summed E-state index contributed by atoms with van der Waals surface area (Å²) in [7, 11) is 0. The molecule has 1 atom stereocenters. The van der Waals surface area contributed by atoms with E-state index < -0.39 is 11.7 Å². The number of piperidine rings is 1. The average molecular weight is 332 g/mol. The van der Waals surface area contributed by atoms with E-state index in [-0.39, 0.29) is 18.1 Å². The molecular weight excluding hydrogens is 307 g/mol. The fourth-order valence-corrected chi connectivity index (χ4v) is 3.86. The molecule has 2 fully saturated rings. The third-order valence-corrected chi connectivity index (χ3v) is 5.55. The molecule has 2 aliphatic rings. The van der Waals surface area contributed by atoms with Crippen LogP contribution >= 0.6 is 0 Å². The Hall–Kier alpha value is -1.75. The number of hydrogen-bond acceptors (Lipinski definition) is 3. The summed E-state index contributed by atoms with van der Waals surface area (Å²) in [6.45, 7) is 5.44. The first kappa shape index (κ1) is 17.1. The first-order valence-electron chi connectivity index (χ1n) is 8.77. The minimum Gasteiger partial charge on any atom is -0.343 e. The molecule has 1 unspecified atom stereocenters. The maximum atomic E-state index is 13.3. The lowest BCUT2D eigenvalue weighted by Crippen LogP contribution is -2.44. The molecule has 1 aromatic rings. The Kier molecular flexibility index (Phi) is 4.99. The van der Waals surface area contributed by atoms with Gasteiger partial charge in [0, 0.05) is 37.5 Å². The molecule has 1 N–H and O–H groups in total. The van der Waals surface area contributed by atoms with Crippen molar-refractivity contribution in [2.75, 3.05) is 26.2 Å². The van der Waals surface area contributed by atoms with Crippen LogP contribution in [0, 0.1) is 17.2 Å². The predicted octanol–water partition coefficient (Wildman–Crippen LogP) is 2.64. The van der Waals surface area contributed by atoms with Gasteiger partial charge in [0.05, 0.1) is 0 Å². The largest absolute Gasteiger partial charge is 0.343 e. The van der Waals surface area contributed by atoms with E-state index in [0.29, 0.717) is 11.0 Å². The molecular formula is C19H25FN2O2. The van der Waals surface area contributed by atoms with Crippen LogP contribution in [0.1, 0.15) is 43.0 Å². The molecule has 1 aromatic carbocycles. The Balaban J connectivity index is 1.54. The zero-order chi connectivity index (χ0) is 17.2. The average Bonchev–Trinajstić information content (AvgIpc) is 3.02. The van der Waals surface area contributed by atoms with Gasteiger partial charge in [0.2, 0.25) is 5.91 Å². The second kappa shape index (κ2) is 7.01. The number of carbonyl (C=O) groups is 2. The lowest BCUT2D eigenvalue weighted by Gasteiger charge is -2.39. The number of likely N-dealkylation sites (tertiary alicyclic amines) is 1. The van der Waals surface area contributed by atoms with Crippen molar-refractivity contribution in [2.45, 2.75) is 32.6 Å². The van der Waals surface area contributed by atoms with Crippen LogP contribution in [0.5, 0.6) is 0 Å². The van der Waals surface area contributed by atoms with Crippen molar-refractivity contribution in [1.82, 2.24) is 10.2 Å². The minimum atomic E-state index is -0.427. The Morgan fingerprint density at radius 2 is 2.04 bits per heavy atom. The zero-order valence-electron chi connectivity index (χ0n) is 14.2. The predicted molar refractivity (Wildman–Crippen MR) is 90.2 cm³/mol. The van der Waals surface area contributed by atoms with E-state index in [2.05, 4.69) is 5.32 Å². The van der Waals surface area contributed by atoms with Crippen LogP contribution in [0.25, 0.3) is 0 Å². The van der Waals surface area contributed by atoms with Crippen LogP contribution in [0.15, 0.2) is 24.3 Å². The SMILES string of the molecule is CC(CC(=O)N1CCC2(CCNC2)CC1)C(=O)c1cccc(F)c1. The summed E-state index contributed by atoms with van der Waals surface area (Å²) in [6, 6.07) is 5.68. The maximum absolute atomic E-state index is 13.3. The Morgan fingerprint density at radius 3 is 2.67 bits per heavy atom. The number of amides is 1. The Bertz CT molecular complexity index is 616. The second-order valence-corrected chi connectivity index (χ2v) is 7.29. The van der Waals surface area contributed by atoms with Crippen molar-refractivity contribution in [3.63, 3.8) is 0 Å². The standard InChI is InChI=1S/C19H25FN2O2/c1-14(18(24)15-3-2-4-16(20)12-15)11-17(23)22-9-6-19(7-10-22)5-8-21-13-19/h2-4,12,14,21H,5-11,13H2,1H3. The van der Waals surface area contributed by atoms with Crippen molar-refractivity contribution in [2.24, 2.45) is 11.3 Å². The molecule has 0 bridgehead atoms. The molecule has 1 spiro atoms. The van der Waals surface area contributed by atoms with Crippen LogP contribution < -0.4 is 5.32 Å². The van der Waals surface area contributed by atoms with Crippen molar-refractivity contribution >= 4 is 11.7 Å². The summed E-state index contributed by atoms with van der Waals surface area (Å²) in [4.78, 5) is 26.8. The normalized spacial score (nSPS) is 21.0. The lowest BCUT2D eigenvalue weighted by atomic mass is 9.77. The van der Waals surface area contributed by atoms with Gasteiger partial charge >= 0.3 is 0 Å². The summed E-state index contributed by atoms with van der Waals surface area (Å²) in [6.07, 6.45) is 3.47. The Labute approximate surface area is 142 Å². The quantitative estimate of drug-likeness (QED) is 0.863. The molecule has 130 valence electrons. The van der Waals surface area contributed by atoms with Crippen molar-refractivity contribution < 1.29 is 14.0 Å². The molecule has 1 amide bonds. The highest BCUT2D eigenvalue weighted by Crippen LogP contribution is 2.37. The fraction of sp³-hybridized carbons (Fsp3) is 0.579. The maximum Gasteiger partial charge on any atom is 0.223 e. The van der Waals surface area contributed by atoms with Crippen LogP contribution in [-0.4, -0.2) is 42.8 Å². The highest BCUT2D eigenvalue weighted by atomic mass is 19.1. The van der Waals surface area contributed by atoms with Crippen LogP contribution in [0.4, 0.5) is 4.39 Å². The van der Waals surface area contributed by atoms with Crippen molar-refractivity contribution in [3.8, 4) is 0 Å². The summed E-state index contributed by atoms with van der Waals surface area (Å²) < 4.78 is 13.3. The molecule has 2 saturated heterocycles. The van der Waals surface area contributed by atoms with E-state index in [1.54, 1.807) is 13.0 Å². The van der Waals surface area contributed by atoms with Gasteiger partial charge in [0.1, 0.15) is 5.82 Å². The molecule has 4 nitrogen and oxygen atoms in total. The van der Waals surface area contributed by atoms with Gasteiger partial charge in [-0.05, 0) is 43.4 Å². The van der Waals surface area contributed by atoms with Gasteiger partial charge in [-0.2, -0.15) is 0 Å². The molecule has 24 heavy (non-hydrogen) atoms. The van der Waals surface area contributed by atoms with Gasteiger partial charge < -0.3 is 10.2 Å². The van der Waals surface area contributed by atoms with Gasteiger partial charge in [0.15, 0.2) is 5.78 Å². The van der Waals surface area contributed by atoms with E-state index in [0.717, 1.165) is 39.0 Å². The van der Waals surface area contributed by atoms with Gasteiger partial charge in [-0.1, -0.05) is 19.1 Å². The molecule has 5 heteroatoms. The van der Waals surface area contributed by atoms with Gasteiger partial charge in [-0.15, -0.1) is 0 Å².